The zero-order chi connectivity index (χ0) is 31.1. The second-order valence-corrected chi connectivity index (χ2v) is 12.0. The van der Waals surface area contributed by atoms with Gasteiger partial charge in [0.25, 0.3) is 5.91 Å². The summed E-state index contributed by atoms with van der Waals surface area (Å²) in [5.41, 5.74) is 0.926. The third kappa shape index (κ3) is 9.94. The quantitative estimate of drug-likeness (QED) is 0.179. The number of nitrogens with zero attached hydrogens (tertiary/aromatic N) is 1. The standard InChI is InChI=1S/C28H26Cl2F2N2O8S/c1-43(37,38)42-19-7-4-17(5-8-19)27(36)34-14-26(35)40-24(11-20-21(29)12-33-13-22(20)30)18-6-9-23(41-28(31)32)25(10-18)39-15-16-2-3-16/h4-10,12-13,16,24,28H,2-3,11,14-15H2,1H3,(H,34,36)/t24-/m0/s1. The second-order valence-electron chi connectivity index (χ2n) is 9.60. The maximum absolute atomic E-state index is 13.0. The van der Waals surface area contributed by atoms with Gasteiger partial charge in [0, 0.05) is 24.4 Å². The van der Waals surface area contributed by atoms with Gasteiger partial charge in [-0.2, -0.15) is 17.2 Å². The van der Waals surface area contributed by atoms with Crippen molar-refractivity contribution in [1.29, 1.82) is 0 Å². The number of esters is 1. The lowest BCUT2D eigenvalue weighted by molar-refractivity contribution is -0.148. The fraction of sp³-hybridized carbons (Fsp3) is 0.321. The summed E-state index contributed by atoms with van der Waals surface area (Å²) in [4.78, 5) is 29.4. The molecule has 230 valence electrons. The number of amides is 1. The maximum atomic E-state index is 13.0. The molecule has 1 amide bonds. The van der Waals surface area contributed by atoms with Gasteiger partial charge in [-0.05, 0) is 66.3 Å². The monoisotopic (exact) mass is 658 g/mol. The molecule has 10 nitrogen and oxygen atoms in total. The molecule has 0 radical (unpaired) electrons. The van der Waals surface area contributed by atoms with E-state index in [2.05, 4.69) is 15.0 Å². The highest BCUT2D eigenvalue weighted by molar-refractivity contribution is 7.86. The highest BCUT2D eigenvalue weighted by Gasteiger charge is 2.26. The van der Waals surface area contributed by atoms with E-state index >= 15 is 0 Å². The normalized spacial score (nSPS) is 13.7. The predicted molar refractivity (Wildman–Crippen MR) is 152 cm³/mol. The maximum Gasteiger partial charge on any atom is 0.387 e. The van der Waals surface area contributed by atoms with Gasteiger partial charge in [-0.15, -0.1) is 0 Å². The van der Waals surface area contributed by atoms with Gasteiger partial charge < -0.3 is 23.7 Å². The molecule has 3 aromatic rings. The van der Waals surface area contributed by atoms with Gasteiger partial charge in [-0.3, -0.25) is 14.6 Å². The SMILES string of the molecule is CS(=O)(=O)Oc1ccc(C(=O)NCC(=O)O[C@@H](Cc2c(Cl)cncc2Cl)c2ccc(OC(F)F)c(OCC3CC3)c2)cc1. The van der Waals surface area contributed by atoms with E-state index in [0.29, 0.717) is 23.7 Å². The number of nitrogens with one attached hydrogen (secondary N) is 1. The number of rotatable bonds is 14. The van der Waals surface area contributed by atoms with Crippen LogP contribution in [0.1, 0.15) is 40.4 Å². The van der Waals surface area contributed by atoms with Gasteiger partial charge in [0.15, 0.2) is 11.5 Å². The topological polar surface area (TPSA) is 130 Å². The summed E-state index contributed by atoms with van der Waals surface area (Å²) < 4.78 is 69.4. The fourth-order valence-corrected chi connectivity index (χ4v) is 4.84. The van der Waals surface area contributed by atoms with E-state index in [1.165, 1.54) is 54.9 Å². The number of hydrogen-bond acceptors (Lipinski definition) is 9. The Morgan fingerprint density at radius 3 is 2.33 bits per heavy atom. The molecule has 1 heterocycles. The Hall–Kier alpha value is -3.68. The predicted octanol–water partition coefficient (Wildman–Crippen LogP) is 5.37. The number of aromatic nitrogens is 1. The van der Waals surface area contributed by atoms with Crippen molar-refractivity contribution in [1.82, 2.24) is 10.3 Å². The number of alkyl halides is 2. The van der Waals surface area contributed by atoms with E-state index < -0.39 is 41.3 Å². The van der Waals surface area contributed by atoms with Crippen LogP contribution in [-0.4, -0.2) is 51.3 Å². The largest absolute Gasteiger partial charge is 0.489 e. The number of benzene rings is 2. The van der Waals surface area contributed by atoms with Crippen LogP contribution in [0.15, 0.2) is 54.9 Å². The molecule has 1 N–H and O–H groups in total. The first-order chi connectivity index (χ1) is 20.4. The summed E-state index contributed by atoms with van der Waals surface area (Å²) >= 11 is 12.6. The summed E-state index contributed by atoms with van der Waals surface area (Å²) in [6, 6.07) is 9.40. The lowest BCUT2D eigenvalue weighted by atomic mass is 10.0. The minimum Gasteiger partial charge on any atom is -0.489 e. The van der Waals surface area contributed by atoms with Crippen LogP contribution in [0, 0.1) is 5.92 Å². The van der Waals surface area contributed by atoms with E-state index in [4.69, 9.17) is 36.9 Å². The molecule has 1 saturated carbocycles. The van der Waals surface area contributed by atoms with Gasteiger partial charge in [-0.25, -0.2) is 0 Å². The Kier molecular flexibility index (Phi) is 10.6. The number of carbonyl (C=O) groups is 2. The molecule has 0 spiro atoms. The molecule has 1 aliphatic carbocycles. The average Bonchev–Trinajstić information content (AvgIpc) is 3.76. The fourth-order valence-electron chi connectivity index (χ4n) is 3.86. The first kappa shape index (κ1) is 32.2. The van der Waals surface area contributed by atoms with Crippen molar-refractivity contribution < 1.29 is 45.2 Å². The molecular formula is C28H26Cl2F2N2O8S. The highest BCUT2D eigenvalue weighted by Crippen LogP contribution is 2.37. The summed E-state index contributed by atoms with van der Waals surface area (Å²) in [6.45, 7) is -3.31. The molecule has 0 bridgehead atoms. The van der Waals surface area contributed by atoms with Crippen LogP contribution in [-0.2, 0) is 26.1 Å². The molecule has 4 rings (SSSR count). The Labute approximate surface area is 256 Å². The van der Waals surface area contributed by atoms with Gasteiger partial charge >= 0.3 is 22.7 Å². The van der Waals surface area contributed by atoms with Gasteiger partial charge in [-0.1, -0.05) is 29.3 Å². The minimum absolute atomic E-state index is 0.0141. The summed E-state index contributed by atoms with van der Waals surface area (Å²) in [5, 5.41) is 2.86. The minimum atomic E-state index is -3.74. The Morgan fingerprint density at radius 2 is 1.72 bits per heavy atom. The average molecular weight is 659 g/mol. The van der Waals surface area contributed by atoms with E-state index in [1.54, 1.807) is 0 Å². The van der Waals surface area contributed by atoms with Crippen molar-refractivity contribution >= 4 is 45.2 Å². The summed E-state index contributed by atoms with van der Waals surface area (Å²) in [5.74, 6) is -1.26. The van der Waals surface area contributed by atoms with Crippen LogP contribution in [0.3, 0.4) is 0 Å². The van der Waals surface area contributed by atoms with Crippen molar-refractivity contribution in [3.05, 3.63) is 81.6 Å². The molecule has 1 aromatic heterocycles. The number of ether oxygens (including phenoxy) is 3. The Balaban J connectivity index is 1.51. The zero-order valence-electron chi connectivity index (χ0n) is 22.6. The number of pyridine rings is 1. The van der Waals surface area contributed by atoms with Crippen molar-refractivity contribution in [2.75, 3.05) is 19.4 Å². The van der Waals surface area contributed by atoms with Crippen molar-refractivity contribution in [2.24, 2.45) is 5.92 Å². The molecule has 2 aromatic carbocycles. The molecule has 1 atom stereocenters. The summed E-state index contributed by atoms with van der Waals surface area (Å²) in [7, 11) is -3.74. The number of halogens is 4. The highest BCUT2D eigenvalue weighted by atomic mass is 35.5. The van der Waals surface area contributed by atoms with Gasteiger partial charge in [0.05, 0.1) is 22.9 Å². The molecular weight excluding hydrogens is 633 g/mol. The third-order valence-electron chi connectivity index (χ3n) is 6.10. The zero-order valence-corrected chi connectivity index (χ0v) is 24.9. The molecule has 15 heteroatoms. The molecule has 1 fully saturated rings. The van der Waals surface area contributed by atoms with Gasteiger partial charge in [0.2, 0.25) is 0 Å². The summed E-state index contributed by atoms with van der Waals surface area (Å²) in [6.07, 6.45) is 4.52. The van der Waals surface area contributed by atoms with Crippen LogP contribution in [0.5, 0.6) is 17.2 Å². The molecule has 0 aliphatic heterocycles. The van der Waals surface area contributed by atoms with Crippen molar-refractivity contribution in [3.63, 3.8) is 0 Å². The van der Waals surface area contributed by atoms with Crippen molar-refractivity contribution in [2.45, 2.75) is 32.0 Å². The molecule has 1 aliphatic rings. The second kappa shape index (κ2) is 14.2. The lowest BCUT2D eigenvalue weighted by Crippen LogP contribution is -2.31. The smallest absolute Gasteiger partial charge is 0.387 e. The van der Waals surface area contributed by atoms with E-state index in [1.807, 2.05) is 0 Å². The molecule has 0 unspecified atom stereocenters. The van der Waals surface area contributed by atoms with Crippen LogP contribution in [0.2, 0.25) is 10.0 Å². The number of carbonyl (C=O) groups excluding carboxylic acids is 2. The first-order valence-electron chi connectivity index (χ1n) is 12.8. The Bertz CT molecular complexity index is 1550. The number of hydrogen-bond donors (Lipinski definition) is 1. The van der Waals surface area contributed by atoms with E-state index in [-0.39, 0.29) is 39.3 Å². The van der Waals surface area contributed by atoms with E-state index in [9.17, 15) is 26.8 Å². The van der Waals surface area contributed by atoms with Crippen LogP contribution < -0.4 is 19.0 Å². The van der Waals surface area contributed by atoms with E-state index in [0.717, 1.165) is 19.1 Å². The lowest BCUT2D eigenvalue weighted by Gasteiger charge is -2.21. The van der Waals surface area contributed by atoms with Gasteiger partial charge in [0.1, 0.15) is 18.4 Å². The van der Waals surface area contributed by atoms with Crippen molar-refractivity contribution in [3.8, 4) is 17.2 Å². The third-order valence-corrected chi connectivity index (χ3v) is 7.25. The molecule has 0 saturated heterocycles. The van der Waals surface area contributed by atoms with Crippen LogP contribution in [0.25, 0.3) is 0 Å². The first-order valence-corrected chi connectivity index (χ1v) is 15.4. The molecule has 43 heavy (non-hydrogen) atoms. The van der Waals surface area contributed by atoms with Crippen LogP contribution in [0.4, 0.5) is 8.78 Å². The van der Waals surface area contributed by atoms with Crippen LogP contribution >= 0.6 is 23.2 Å². The Morgan fingerprint density at radius 1 is 1.05 bits per heavy atom.